The molecule has 0 spiro atoms. The summed E-state index contributed by atoms with van der Waals surface area (Å²) in [5.41, 5.74) is 5.68. The van der Waals surface area contributed by atoms with E-state index in [9.17, 15) is 9.59 Å². The average molecular weight is 430 g/mol. The molecule has 2 aliphatic heterocycles. The van der Waals surface area contributed by atoms with Crippen molar-refractivity contribution in [3.8, 4) is 0 Å². The first-order valence-electron chi connectivity index (χ1n) is 11.3. The summed E-state index contributed by atoms with van der Waals surface area (Å²) in [5, 5.41) is 3.24. The zero-order chi connectivity index (χ0) is 22.8. The van der Waals surface area contributed by atoms with E-state index in [0.29, 0.717) is 11.3 Å². The van der Waals surface area contributed by atoms with Gasteiger partial charge < -0.3 is 10.2 Å². The second-order valence-corrected chi connectivity index (χ2v) is 8.90. The van der Waals surface area contributed by atoms with E-state index in [2.05, 4.69) is 35.9 Å². The summed E-state index contributed by atoms with van der Waals surface area (Å²) in [6.07, 6.45) is 3.99. The van der Waals surface area contributed by atoms with Gasteiger partial charge in [0.2, 0.25) is 0 Å². The van der Waals surface area contributed by atoms with E-state index in [1.54, 1.807) is 6.08 Å². The van der Waals surface area contributed by atoms with E-state index < -0.39 is 0 Å². The smallest absolute Gasteiger partial charge is 0.278 e. The van der Waals surface area contributed by atoms with Gasteiger partial charge in [-0.3, -0.25) is 14.5 Å². The summed E-state index contributed by atoms with van der Waals surface area (Å²) in [5.74, 6) is 0.171. The van der Waals surface area contributed by atoms with Gasteiger partial charge in [0.1, 0.15) is 5.70 Å². The minimum atomic E-state index is -0.322. The van der Waals surface area contributed by atoms with Crippen molar-refractivity contribution in [3.63, 3.8) is 0 Å². The molecule has 5 nitrogen and oxygen atoms in total. The Morgan fingerprint density at radius 2 is 1.69 bits per heavy atom. The zero-order valence-corrected chi connectivity index (χ0v) is 19.1. The molecule has 2 heterocycles. The molecule has 0 atom stereocenters. The van der Waals surface area contributed by atoms with Crippen molar-refractivity contribution in [2.75, 3.05) is 29.9 Å². The lowest BCUT2D eigenvalue weighted by atomic mass is 9.99. The van der Waals surface area contributed by atoms with E-state index in [0.717, 1.165) is 41.4 Å². The topological polar surface area (TPSA) is 52.7 Å². The minimum absolute atomic E-state index is 0.184. The van der Waals surface area contributed by atoms with Crippen LogP contribution in [0.2, 0.25) is 0 Å². The fourth-order valence-electron chi connectivity index (χ4n) is 4.32. The quantitative estimate of drug-likeness (QED) is 0.523. The van der Waals surface area contributed by atoms with Crippen LogP contribution in [-0.4, -0.2) is 36.3 Å². The first kappa shape index (κ1) is 21.9. The molecule has 0 radical (unpaired) electrons. The fraction of sp³-hybridized carbons (Fsp3) is 0.333. The van der Waals surface area contributed by atoms with Gasteiger partial charge in [-0.1, -0.05) is 31.2 Å². The lowest BCUT2D eigenvalue weighted by Crippen LogP contribution is -2.32. The van der Waals surface area contributed by atoms with Gasteiger partial charge in [0.25, 0.3) is 11.8 Å². The summed E-state index contributed by atoms with van der Waals surface area (Å²) >= 11 is 0. The summed E-state index contributed by atoms with van der Waals surface area (Å²) in [7, 11) is 0. The Morgan fingerprint density at radius 1 is 1.00 bits per heavy atom. The van der Waals surface area contributed by atoms with Crippen LogP contribution in [0.15, 0.2) is 60.8 Å². The molecule has 2 aromatic carbocycles. The van der Waals surface area contributed by atoms with Crippen LogP contribution in [0.3, 0.4) is 0 Å². The molecule has 166 valence electrons. The highest BCUT2D eigenvalue weighted by Gasteiger charge is 2.38. The molecule has 0 unspecified atom stereocenters. The number of hydrogen-bond acceptors (Lipinski definition) is 4. The molecule has 2 aromatic rings. The van der Waals surface area contributed by atoms with Gasteiger partial charge in [0.05, 0.1) is 5.57 Å². The number of piperidine rings is 1. The second-order valence-electron chi connectivity index (χ2n) is 8.90. The van der Waals surface area contributed by atoms with Crippen molar-refractivity contribution in [2.24, 2.45) is 5.92 Å². The highest BCUT2D eigenvalue weighted by molar-refractivity contribution is 6.36. The molecule has 1 fully saturated rings. The third-order valence-electron chi connectivity index (χ3n) is 6.56. The Kier molecular flexibility index (Phi) is 6.17. The van der Waals surface area contributed by atoms with Crippen LogP contribution in [0.4, 0.5) is 11.4 Å². The van der Waals surface area contributed by atoms with Crippen LogP contribution < -0.4 is 10.2 Å². The molecule has 0 bridgehead atoms. The fourth-order valence-corrected chi connectivity index (χ4v) is 4.32. The van der Waals surface area contributed by atoms with Crippen molar-refractivity contribution in [3.05, 3.63) is 77.5 Å². The van der Waals surface area contributed by atoms with Crippen LogP contribution in [-0.2, 0) is 9.59 Å². The predicted octanol–water partition coefficient (Wildman–Crippen LogP) is 4.92. The number of anilines is 2. The van der Waals surface area contributed by atoms with Crippen molar-refractivity contribution >= 4 is 28.8 Å². The van der Waals surface area contributed by atoms with Gasteiger partial charge in [-0.15, -0.1) is 6.58 Å². The molecular formula is C27H31N3O2. The lowest BCUT2D eigenvalue weighted by molar-refractivity contribution is -0.136. The van der Waals surface area contributed by atoms with Crippen molar-refractivity contribution in [2.45, 2.75) is 33.6 Å². The van der Waals surface area contributed by atoms with Gasteiger partial charge in [-0.05, 0) is 73.6 Å². The Morgan fingerprint density at radius 3 is 2.31 bits per heavy atom. The predicted molar refractivity (Wildman–Crippen MR) is 130 cm³/mol. The number of imide groups is 1. The van der Waals surface area contributed by atoms with Gasteiger partial charge >= 0.3 is 0 Å². The molecule has 0 aromatic heterocycles. The molecule has 2 aliphatic rings. The van der Waals surface area contributed by atoms with Crippen LogP contribution in [0, 0.1) is 19.8 Å². The van der Waals surface area contributed by atoms with E-state index in [1.165, 1.54) is 23.4 Å². The zero-order valence-electron chi connectivity index (χ0n) is 19.1. The Hall–Kier alpha value is -3.34. The molecule has 0 saturated carbocycles. The maximum atomic E-state index is 13.1. The molecule has 0 aliphatic carbocycles. The van der Waals surface area contributed by atoms with Crippen molar-refractivity contribution < 1.29 is 9.59 Å². The van der Waals surface area contributed by atoms with Crippen LogP contribution in [0.5, 0.6) is 0 Å². The first-order valence-corrected chi connectivity index (χ1v) is 11.3. The number of benzene rings is 2. The highest BCUT2D eigenvalue weighted by Crippen LogP contribution is 2.32. The third kappa shape index (κ3) is 4.20. The molecule has 1 saturated heterocycles. The number of carbonyl (C=O) groups is 2. The lowest BCUT2D eigenvalue weighted by Gasteiger charge is -2.32. The van der Waals surface area contributed by atoms with Gasteiger partial charge in [0, 0.05) is 31.0 Å². The van der Waals surface area contributed by atoms with E-state index in [4.69, 9.17) is 0 Å². The van der Waals surface area contributed by atoms with E-state index >= 15 is 0 Å². The third-order valence-corrected chi connectivity index (χ3v) is 6.56. The summed E-state index contributed by atoms with van der Waals surface area (Å²) < 4.78 is 0. The van der Waals surface area contributed by atoms with E-state index in [1.807, 2.05) is 44.2 Å². The van der Waals surface area contributed by atoms with Crippen molar-refractivity contribution in [1.29, 1.82) is 0 Å². The second kappa shape index (κ2) is 9.03. The van der Waals surface area contributed by atoms with Crippen LogP contribution in [0.25, 0.3) is 5.57 Å². The van der Waals surface area contributed by atoms with Gasteiger partial charge in [-0.2, -0.15) is 0 Å². The number of nitrogens with zero attached hydrogens (tertiary/aromatic N) is 2. The van der Waals surface area contributed by atoms with Gasteiger partial charge in [0.15, 0.2) is 0 Å². The monoisotopic (exact) mass is 429 g/mol. The maximum absolute atomic E-state index is 13.1. The number of carbonyl (C=O) groups excluding carboxylic acids is 2. The van der Waals surface area contributed by atoms with Crippen LogP contribution in [0.1, 0.15) is 36.5 Å². The molecule has 1 N–H and O–H groups in total. The summed E-state index contributed by atoms with van der Waals surface area (Å²) in [4.78, 5) is 29.9. The number of nitrogens with one attached hydrogen (secondary N) is 1. The molecule has 5 heteroatoms. The Bertz CT molecular complexity index is 1080. The number of hydrogen-bond donors (Lipinski definition) is 1. The summed E-state index contributed by atoms with van der Waals surface area (Å²) in [6, 6.07) is 14.0. The molecular weight excluding hydrogens is 398 g/mol. The average Bonchev–Trinajstić information content (AvgIpc) is 3.01. The summed E-state index contributed by atoms with van der Waals surface area (Å²) in [6.45, 7) is 12.4. The first-order chi connectivity index (χ1) is 15.4. The largest absolute Gasteiger partial charge is 0.372 e. The standard InChI is InChI=1S/C27H31N3O2/c1-5-14-30-26(31)24(21-7-6-19(3)20(4)17-21)25(27(30)32)28-22-8-10-23(11-9-22)29-15-12-18(2)13-16-29/h5-11,17-18,28H,1,12-16H2,2-4H3. The normalized spacial score (nSPS) is 17.3. The number of aryl methyl sites for hydroxylation is 2. The van der Waals surface area contributed by atoms with Gasteiger partial charge in [-0.25, -0.2) is 0 Å². The van der Waals surface area contributed by atoms with E-state index in [-0.39, 0.29) is 18.4 Å². The number of rotatable bonds is 6. The number of amides is 2. The molecule has 32 heavy (non-hydrogen) atoms. The molecule has 4 rings (SSSR count). The van der Waals surface area contributed by atoms with Crippen molar-refractivity contribution in [1.82, 2.24) is 4.90 Å². The Balaban J connectivity index is 1.64. The minimum Gasteiger partial charge on any atom is -0.372 e. The van der Waals surface area contributed by atoms with Crippen LogP contribution >= 0.6 is 0 Å². The SMILES string of the molecule is C=CCN1C(=O)C(Nc2ccc(N3CCC(C)CC3)cc2)=C(c2ccc(C)c(C)c2)C1=O. The highest BCUT2D eigenvalue weighted by atomic mass is 16.2. The molecule has 2 amide bonds. The Labute approximate surface area is 190 Å². The maximum Gasteiger partial charge on any atom is 0.278 e.